The molecular weight excluding hydrogens is 214 g/mol. The molecule has 1 aromatic heterocycles. The quantitative estimate of drug-likeness (QED) is 0.607. The van der Waals surface area contributed by atoms with Gasteiger partial charge in [0.2, 0.25) is 0 Å². The molecule has 0 radical (unpaired) electrons. The second kappa shape index (κ2) is 3.44. The lowest BCUT2D eigenvalue weighted by Gasteiger charge is -2.41. The van der Waals surface area contributed by atoms with Gasteiger partial charge in [-0.1, -0.05) is 0 Å². The van der Waals surface area contributed by atoms with Crippen LogP contribution < -0.4 is 4.74 Å². The molecule has 7 heteroatoms. The molecule has 1 N–H and O–H groups in total. The Morgan fingerprint density at radius 1 is 1.94 bits per heavy atom. The fraction of sp³-hybridized carbons (Fsp3) is 0.667. The van der Waals surface area contributed by atoms with Gasteiger partial charge in [-0.05, 0) is 19.8 Å². The topological polar surface area (TPSA) is 90.4 Å². The largest absolute Gasteiger partial charge is 0.465 e. The molecular formula is C9H13N3O4. The third-order valence-electron chi connectivity index (χ3n) is 2.72. The van der Waals surface area contributed by atoms with Crippen molar-refractivity contribution in [2.75, 3.05) is 0 Å². The van der Waals surface area contributed by atoms with Crippen molar-refractivity contribution in [2.24, 2.45) is 6.98 Å². The fourth-order valence-electron chi connectivity index (χ4n) is 1.56. The number of nitrogens with zero attached hydrogens (tertiary/aromatic N) is 3. The van der Waals surface area contributed by atoms with Gasteiger partial charge >= 0.3 is 11.6 Å². The SMILES string of the molecule is [2H]C([2H])([2H])n1cc([N+](=O)[O-])c(O[C@@H]2CC[C@@]2(C)O)n1. The lowest BCUT2D eigenvalue weighted by atomic mass is 9.79. The summed E-state index contributed by atoms with van der Waals surface area (Å²) in [5.74, 6) is -0.383. The molecule has 7 nitrogen and oxygen atoms in total. The van der Waals surface area contributed by atoms with E-state index < -0.39 is 29.3 Å². The van der Waals surface area contributed by atoms with Gasteiger partial charge in [0.15, 0.2) is 0 Å². The van der Waals surface area contributed by atoms with E-state index in [1.54, 1.807) is 6.92 Å². The second-order valence-electron chi connectivity index (χ2n) is 4.02. The van der Waals surface area contributed by atoms with Crippen LogP contribution in [-0.4, -0.2) is 31.5 Å². The van der Waals surface area contributed by atoms with Crippen molar-refractivity contribution in [3.8, 4) is 5.88 Å². The predicted octanol–water partition coefficient (Wildman–Crippen LogP) is 0.620. The van der Waals surface area contributed by atoms with Gasteiger partial charge in [-0.3, -0.25) is 14.8 Å². The summed E-state index contributed by atoms with van der Waals surface area (Å²) in [5.41, 5.74) is -1.60. The van der Waals surface area contributed by atoms with Gasteiger partial charge in [0.05, 0.1) is 10.5 Å². The first-order chi connectivity index (χ1) is 8.61. The molecule has 1 aromatic rings. The first kappa shape index (κ1) is 7.61. The van der Waals surface area contributed by atoms with Crippen molar-refractivity contribution < 1.29 is 18.9 Å². The number of hydrogen-bond acceptors (Lipinski definition) is 5. The summed E-state index contributed by atoms with van der Waals surface area (Å²) in [6.45, 7) is -1.07. The Labute approximate surface area is 96.0 Å². The molecule has 1 heterocycles. The van der Waals surface area contributed by atoms with Gasteiger partial charge in [0.1, 0.15) is 12.3 Å². The van der Waals surface area contributed by atoms with E-state index in [0.29, 0.717) is 17.5 Å². The summed E-state index contributed by atoms with van der Waals surface area (Å²) in [4.78, 5) is 10.1. The molecule has 1 aliphatic rings. The van der Waals surface area contributed by atoms with E-state index in [0.717, 1.165) is 6.20 Å². The van der Waals surface area contributed by atoms with E-state index in [2.05, 4.69) is 5.10 Å². The molecule has 0 aliphatic heterocycles. The molecule has 2 atom stereocenters. The zero-order valence-electron chi connectivity index (χ0n) is 11.6. The van der Waals surface area contributed by atoms with Crippen LogP contribution in [0.2, 0.25) is 0 Å². The molecule has 0 unspecified atom stereocenters. The van der Waals surface area contributed by atoms with E-state index >= 15 is 0 Å². The summed E-state index contributed by atoms with van der Waals surface area (Å²) >= 11 is 0. The molecule has 1 saturated carbocycles. The van der Waals surface area contributed by atoms with Crippen LogP contribution in [0, 0.1) is 10.1 Å². The first-order valence-electron chi connectivity index (χ1n) is 6.25. The van der Waals surface area contributed by atoms with Crippen LogP contribution in [-0.2, 0) is 6.98 Å². The molecule has 0 bridgehead atoms. The van der Waals surface area contributed by atoms with Crippen molar-refractivity contribution in [1.29, 1.82) is 0 Å². The Morgan fingerprint density at radius 2 is 2.69 bits per heavy atom. The Morgan fingerprint density at radius 3 is 3.12 bits per heavy atom. The normalized spacial score (nSPS) is 32.1. The minimum absolute atomic E-state index is 0.383. The van der Waals surface area contributed by atoms with Crippen LogP contribution >= 0.6 is 0 Å². The molecule has 0 amide bonds. The van der Waals surface area contributed by atoms with Crippen LogP contribution in [0.4, 0.5) is 5.69 Å². The number of aromatic nitrogens is 2. The second-order valence-corrected chi connectivity index (χ2v) is 4.02. The minimum Gasteiger partial charge on any atom is -0.465 e. The summed E-state index contributed by atoms with van der Waals surface area (Å²) in [6.07, 6.45) is 1.23. The molecule has 1 aliphatic carbocycles. The number of nitro groups is 1. The zero-order chi connectivity index (χ0) is 14.4. The van der Waals surface area contributed by atoms with Crippen LogP contribution in [0.3, 0.4) is 0 Å². The standard InChI is InChI=1S/C9H13N3O4/c1-9(13)4-3-7(9)16-8-6(12(14)15)5-11(2)10-8/h5,7,13H,3-4H2,1-2H3/t7-,9-/m1/s1/i2D3. The smallest absolute Gasteiger partial charge is 0.350 e. The lowest BCUT2D eigenvalue weighted by molar-refractivity contribution is -0.386. The zero-order valence-corrected chi connectivity index (χ0v) is 8.58. The highest BCUT2D eigenvalue weighted by molar-refractivity contribution is 5.38. The van der Waals surface area contributed by atoms with Crippen molar-refractivity contribution in [3.05, 3.63) is 16.3 Å². The number of rotatable bonds is 3. The molecule has 2 rings (SSSR count). The Kier molecular flexibility index (Phi) is 1.64. The third-order valence-corrected chi connectivity index (χ3v) is 2.72. The summed E-state index contributed by atoms with van der Waals surface area (Å²) < 4.78 is 27.2. The van der Waals surface area contributed by atoms with Gasteiger partial charge in [0, 0.05) is 11.1 Å². The maximum absolute atomic E-state index is 10.8. The van der Waals surface area contributed by atoms with E-state index in [-0.39, 0.29) is 5.88 Å². The monoisotopic (exact) mass is 230 g/mol. The highest BCUT2D eigenvalue weighted by atomic mass is 16.6. The van der Waals surface area contributed by atoms with Gasteiger partial charge in [0.25, 0.3) is 0 Å². The van der Waals surface area contributed by atoms with Gasteiger partial charge in [-0.15, -0.1) is 5.10 Å². The molecule has 16 heavy (non-hydrogen) atoms. The maximum atomic E-state index is 10.8. The third kappa shape index (κ3) is 1.73. The van der Waals surface area contributed by atoms with E-state index in [4.69, 9.17) is 8.85 Å². The predicted molar refractivity (Wildman–Crippen MR) is 54.1 cm³/mol. The summed E-state index contributed by atoms with van der Waals surface area (Å²) in [6, 6.07) is 0. The maximum Gasteiger partial charge on any atom is 0.350 e. The Bertz CT molecular complexity index is 511. The van der Waals surface area contributed by atoms with Crippen molar-refractivity contribution in [2.45, 2.75) is 31.5 Å². The number of aliphatic hydroxyl groups is 1. The lowest BCUT2D eigenvalue weighted by Crippen LogP contribution is -2.52. The average molecular weight is 230 g/mol. The summed E-state index contributed by atoms with van der Waals surface area (Å²) in [7, 11) is 0. The minimum atomic E-state index is -2.62. The Balaban J connectivity index is 2.29. The van der Waals surface area contributed by atoms with Crippen LogP contribution in [0.5, 0.6) is 5.88 Å². The molecule has 88 valence electrons. The van der Waals surface area contributed by atoms with Crippen molar-refractivity contribution in [1.82, 2.24) is 9.78 Å². The van der Waals surface area contributed by atoms with Crippen LogP contribution in [0.25, 0.3) is 0 Å². The molecule has 0 saturated heterocycles. The van der Waals surface area contributed by atoms with Crippen LogP contribution in [0.1, 0.15) is 23.9 Å². The van der Waals surface area contributed by atoms with E-state index in [9.17, 15) is 15.2 Å². The van der Waals surface area contributed by atoms with Crippen molar-refractivity contribution in [3.63, 3.8) is 0 Å². The first-order valence-corrected chi connectivity index (χ1v) is 4.75. The van der Waals surface area contributed by atoms with E-state index in [1.165, 1.54) is 0 Å². The highest BCUT2D eigenvalue weighted by Crippen LogP contribution is 2.37. The van der Waals surface area contributed by atoms with Gasteiger partial charge in [-0.25, -0.2) is 0 Å². The molecule has 1 fully saturated rings. The molecule has 0 spiro atoms. The number of hydrogen-bond donors (Lipinski definition) is 1. The van der Waals surface area contributed by atoms with Crippen molar-refractivity contribution >= 4 is 5.69 Å². The number of aryl methyl sites for hydroxylation is 1. The highest BCUT2D eigenvalue weighted by Gasteiger charge is 2.44. The molecule has 0 aromatic carbocycles. The van der Waals surface area contributed by atoms with Gasteiger partial charge < -0.3 is 9.84 Å². The van der Waals surface area contributed by atoms with Crippen LogP contribution in [0.15, 0.2) is 6.20 Å². The van der Waals surface area contributed by atoms with Gasteiger partial charge in [-0.2, -0.15) is 0 Å². The Hall–Kier alpha value is -1.63. The fourth-order valence-corrected chi connectivity index (χ4v) is 1.56. The van der Waals surface area contributed by atoms with E-state index in [1.807, 2.05) is 0 Å². The number of ether oxygens (including phenoxy) is 1. The average Bonchev–Trinajstić information content (AvgIpc) is 2.68. The summed E-state index contributed by atoms with van der Waals surface area (Å²) in [5, 5.41) is 24.2.